The van der Waals surface area contributed by atoms with Gasteiger partial charge >= 0.3 is 0 Å². The van der Waals surface area contributed by atoms with Crippen molar-refractivity contribution < 1.29 is 8.83 Å². The predicted molar refractivity (Wildman–Crippen MR) is 225 cm³/mol. The molecule has 0 aliphatic heterocycles. The van der Waals surface area contributed by atoms with Gasteiger partial charge in [-0.15, -0.1) is 0 Å². The first-order valence-corrected chi connectivity index (χ1v) is 18.6. The quantitative estimate of drug-likeness (QED) is 0.170. The zero-order valence-electron chi connectivity index (χ0n) is 29.9. The van der Waals surface area contributed by atoms with Crippen molar-refractivity contribution >= 4 is 43.9 Å². The van der Waals surface area contributed by atoms with E-state index >= 15 is 0 Å². The van der Waals surface area contributed by atoms with Gasteiger partial charge in [-0.05, 0) is 36.4 Å². The van der Waals surface area contributed by atoms with E-state index in [-0.39, 0.29) is 0 Å². The Hall–Kier alpha value is -7.70. The lowest BCUT2D eigenvalue weighted by Gasteiger charge is -2.09. The number of fused-ring (bicyclic) bond motifs is 7. The van der Waals surface area contributed by atoms with Crippen molar-refractivity contribution in [1.29, 1.82) is 0 Å². The van der Waals surface area contributed by atoms with E-state index < -0.39 is 0 Å². The summed E-state index contributed by atoms with van der Waals surface area (Å²) >= 11 is 0. The zero-order chi connectivity index (χ0) is 37.0. The maximum Gasteiger partial charge on any atom is 0.178 e. The molecular weight excluding hydrogens is 689 g/mol. The van der Waals surface area contributed by atoms with Crippen LogP contribution < -0.4 is 0 Å². The van der Waals surface area contributed by atoms with Gasteiger partial charge in [0.25, 0.3) is 0 Å². The van der Waals surface area contributed by atoms with Crippen LogP contribution in [0.15, 0.2) is 191 Å². The van der Waals surface area contributed by atoms with E-state index in [4.69, 9.17) is 28.8 Å². The maximum atomic E-state index is 6.87. The summed E-state index contributed by atoms with van der Waals surface area (Å²) in [6.07, 6.45) is 0. The second kappa shape index (κ2) is 13.0. The van der Waals surface area contributed by atoms with Gasteiger partial charge in [-0.25, -0.2) is 19.9 Å². The fraction of sp³-hybridized carbons (Fsp3) is 0. The average molecular weight is 719 g/mol. The second-order valence-corrected chi connectivity index (χ2v) is 13.8. The van der Waals surface area contributed by atoms with Crippen molar-refractivity contribution in [3.8, 4) is 67.8 Å². The molecule has 0 N–H and O–H groups in total. The summed E-state index contributed by atoms with van der Waals surface area (Å²) in [6.45, 7) is 0. The molecule has 4 heterocycles. The summed E-state index contributed by atoms with van der Waals surface area (Å²) in [5, 5.41) is 3.82. The highest BCUT2D eigenvalue weighted by molar-refractivity contribution is 6.21. The van der Waals surface area contributed by atoms with E-state index in [2.05, 4.69) is 72.8 Å². The highest BCUT2D eigenvalue weighted by Crippen LogP contribution is 2.43. The van der Waals surface area contributed by atoms with Crippen molar-refractivity contribution in [2.75, 3.05) is 0 Å². The fourth-order valence-corrected chi connectivity index (χ4v) is 7.63. The van der Waals surface area contributed by atoms with Crippen molar-refractivity contribution in [3.05, 3.63) is 182 Å². The van der Waals surface area contributed by atoms with E-state index in [1.54, 1.807) is 0 Å². The van der Waals surface area contributed by atoms with Gasteiger partial charge in [-0.2, -0.15) is 0 Å². The lowest BCUT2D eigenvalue weighted by molar-refractivity contribution is 0.634. The lowest BCUT2D eigenvalue weighted by Crippen LogP contribution is -1.96. The highest BCUT2D eigenvalue weighted by atomic mass is 16.4. The third-order valence-electron chi connectivity index (χ3n) is 10.3. The van der Waals surface area contributed by atoms with Crippen molar-refractivity contribution in [1.82, 2.24) is 19.9 Å². The van der Waals surface area contributed by atoms with E-state index in [0.29, 0.717) is 34.0 Å². The molecule has 6 heteroatoms. The second-order valence-electron chi connectivity index (χ2n) is 13.8. The Morgan fingerprint density at radius 2 is 0.571 bits per heavy atom. The van der Waals surface area contributed by atoms with Crippen LogP contribution in [-0.2, 0) is 0 Å². The van der Waals surface area contributed by atoms with Crippen LogP contribution in [0.3, 0.4) is 0 Å². The van der Waals surface area contributed by atoms with Crippen molar-refractivity contribution in [3.63, 3.8) is 0 Å². The Morgan fingerprint density at radius 1 is 0.268 bits per heavy atom. The number of hydrogen-bond acceptors (Lipinski definition) is 6. The fourth-order valence-electron chi connectivity index (χ4n) is 7.63. The van der Waals surface area contributed by atoms with E-state index in [1.165, 1.54) is 0 Å². The molecule has 0 radical (unpaired) electrons. The van der Waals surface area contributed by atoms with Crippen LogP contribution in [0.25, 0.3) is 112 Å². The molecule has 11 rings (SSSR count). The minimum absolute atomic E-state index is 0.586. The maximum absolute atomic E-state index is 6.87. The molecule has 262 valence electrons. The van der Waals surface area contributed by atoms with Crippen molar-refractivity contribution in [2.24, 2.45) is 0 Å². The molecule has 0 unspecified atom stereocenters. The van der Waals surface area contributed by atoms with E-state index in [9.17, 15) is 0 Å². The van der Waals surface area contributed by atoms with Crippen LogP contribution in [0.5, 0.6) is 0 Å². The number of aromatic nitrogens is 4. The minimum atomic E-state index is 0.586. The Kier molecular flexibility index (Phi) is 7.38. The van der Waals surface area contributed by atoms with Gasteiger partial charge in [0.05, 0.1) is 33.9 Å². The third kappa shape index (κ3) is 5.35. The molecule has 0 saturated heterocycles. The van der Waals surface area contributed by atoms with Gasteiger partial charge in [0.1, 0.15) is 11.2 Å². The average Bonchev–Trinajstić information content (AvgIpc) is 3.86. The third-order valence-corrected chi connectivity index (χ3v) is 10.3. The molecule has 4 aromatic heterocycles. The topological polar surface area (TPSA) is 77.8 Å². The number of rotatable bonds is 6. The van der Waals surface area contributed by atoms with Gasteiger partial charge in [-0.3, -0.25) is 0 Å². The largest absolute Gasteiger partial charge is 0.451 e. The molecule has 6 nitrogen and oxygen atoms in total. The predicted octanol–water partition coefficient (Wildman–Crippen LogP) is 13.1. The monoisotopic (exact) mass is 718 g/mol. The smallest absolute Gasteiger partial charge is 0.178 e. The van der Waals surface area contributed by atoms with Crippen LogP contribution >= 0.6 is 0 Å². The Balaban J connectivity index is 1.11. The molecule has 0 atom stereocenters. The molecule has 0 aliphatic carbocycles. The summed E-state index contributed by atoms with van der Waals surface area (Å²) in [5.41, 5.74) is 11.7. The van der Waals surface area contributed by atoms with Gasteiger partial charge in [-0.1, -0.05) is 146 Å². The van der Waals surface area contributed by atoms with Gasteiger partial charge in [0, 0.05) is 43.8 Å². The lowest BCUT2D eigenvalue weighted by atomic mass is 10.0. The summed E-state index contributed by atoms with van der Waals surface area (Å²) in [7, 11) is 0. The van der Waals surface area contributed by atoms with Gasteiger partial charge in [0.2, 0.25) is 0 Å². The molecular formula is C50H30N4O2. The Bertz CT molecular complexity index is 2900. The Morgan fingerprint density at radius 3 is 0.893 bits per heavy atom. The molecule has 0 fully saturated rings. The first-order chi connectivity index (χ1) is 27.7. The number of para-hydroxylation sites is 2. The normalized spacial score (nSPS) is 11.6. The van der Waals surface area contributed by atoms with Gasteiger partial charge in [0.15, 0.2) is 22.8 Å². The van der Waals surface area contributed by atoms with Crippen LogP contribution in [0.2, 0.25) is 0 Å². The van der Waals surface area contributed by atoms with E-state index in [1.807, 2.05) is 109 Å². The summed E-state index contributed by atoms with van der Waals surface area (Å²) in [5.74, 6) is 1.17. The number of benzene rings is 7. The van der Waals surface area contributed by atoms with Crippen LogP contribution in [0, 0.1) is 0 Å². The summed E-state index contributed by atoms with van der Waals surface area (Å²) in [6, 6.07) is 61.4. The molecule has 0 aliphatic rings. The first kappa shape index (κ1) is 31.8. The highest BCUT2D eigenvalue weighted by Gasteiger charge is 2.22. The summed E-state index contributed by atoms with van der Waals surface area (Å²) in [4.78, 5) is 20.4. The van der Waals surface area contributed by atoms with Crippen LogP contribution in [-0.4, -0.2) is 19.9 Å². The molecule has 0 saturated carbocycles. The van der Waals surface area contributed by atoms with Crippen LogP contribution in [0.1, 0.15) is 0 Å². The van der Waals surface area contributed by atoms with E-state index in [0.717, 1.165) is 77.7 Å². The molecule has 7 aromatic carbocycles. The van der Waals surface area contributed by atoms with Crippen molar-refractivity contribution in [2.45, 2.75) is 0 Å². The number of nitrogens with zero attached hydrogens (tertiary/aromatic N) is 4. The van der Waals surface area contributed by atoms with Crippen LogP contribution in [0.4, 0.5) is 0 Å². The SMILES string of the molecule is c1ccc(-c2cc(-c3ccccc3)nc(-c3cccc4c3oc3c4ccc4c5cccc(-c6nc(-c7ccccc7)cc(-c7ccccc7)n6)c5oc43)n2)cc1. The number of furan rings is 2. The minimum Gasteiger partial charge on any atom is -0.451 e. The molecule has 0 bridgehead atoms. The molecule has 11 aromatic rings. The molecule has 0 spiro atoms. The molecule has 56 heavy (non-hydrogen) atoms. The van der Waals surface area contributed by atoms with Gasteiger partial charge < -0.3 is 8.83 Å². The molecule has 0 amide bonds. The zero-order valence-corrected chi connectivity index (χ0v) is 29.9. The first-order valence-electron chi connectivity index (χ1n) is 18.6. The summed E-state index contributed by atoms with van der Waals surface area (Å²) < 4.78 is 13.7. The number of hydrogen-bond donors (Lipinski definition) is 0. The standard InChI is InChI=1S/C50H30N4O2/c1-5-15-31(16-6-1)41-29-42(32-17-7-2-8-18-32)52-49(51-41)39-25-13-23-35-37-27-28-38-36-24-14-26-40(46(36)56-48(38)47(37)55-45(35)39)50-53-43(33-19-9-3-10-20-33)30-44(54-50)34-21-11-4-12-22-34/h1-30H. The Labute approximate surface area is 321 Å².